The molecule has 1 amide bonds. The second-order valence-corrected chi connectivity index (χ2v) is 6.13. The van der Waals surface area contributed by atoms with Crippen LogP contribution < -0.4 is 15.4 Å². The van der Waals surface area contributed by atoms with E-state index in [0.29, 0.717) is 38.5 Å². The monoisotopic (exact) mass is 364 g/mol. The Balaban J connectivity index is 1.28. The zero-order valence-electron chi connectivity index (χ0n) is 15.2. The van der Waals surface area contributed by atoms with E-state index < -0.39 is 0 Å². The Bertz CT molecular complexity index is 850. The SMILES string of the molecule is O=C(CCCOc1cccc2ccccc12)NCCCNc1ncccn1. The zero-order chi connectivity index (χ0) is 18.7. The van der Waals surface area contributed by atoms with Crippen LogP contribution >= 0.6 is 0 Å². The Morgan fingerprint density at radius 3 is 2.63 bits per heavy atom. The molecule has 1 heterocycles. The summed E-state index contributed by atoms with van der Waals surface area (Å²) in [6, 6.07) is 15.9. The van der Waals surface area contributed by atoms with Gasteiger partial charge in [-0.05, 0) is 30.4 Å². The van der Waals surface area contributed by atoms with Crippen molar-refractivity contribution in [2.45, 2.75) is 19.3 Å². The van der Waals surface area contributed by atoms with Crippen molar-refractivity contribution in [2.75, 3.05) is 25.0 Å². The van der Waals surface area contributed by atoms with Crippen LogP contribution in [0.15, 0.2) is 60.9 Å². The van der Waals surface area contributed by atoms with Gasteiger partial charge in [0.05, 0.1) is 6.61 Å². The molecule has 0 saturated heterocycles. The minimum absolute atomic E-state index is 0.0486. The van der Waals surface area contributed by atoms with Crippen molar-refractivity contribution in [3.05, 3.63) is 60.9 Å². The molecule has 0 atom stereocenters. The number of amides is 1. The summed E-state index contributed by atoms with van der Waals surface area (Å²) >= 11 is 0. The van der Waals surface area contributed by atoms with Crippen molar-refractivity contribution in [1.82, 2.24) is 15.3 Å². The van der Waals surface area contributed by atoms with Gasteiger partial charge in [0.15, 0.2) is 0 Å². The Kier molecular flexibility index (Phi) is 6.98. The highest BCUT2D eigenvalue weighted by atomic mass is 16.5. The standard InChI is InChI=1S/C21H24N4O2/c26-20(22-12-5-13-23-21-24-14-6-15-25-21)11-4-16-27-19-10-3-8-17-7-1-2-9-18(17)19/h1-3,6-10,14-15H,4-5,11-13,16H2,(H,22,26)(H,23,24,25). The number of carbonyl (C=O) groups excluding carboxylic acids is 1. The number of benzene rings is 2. The van der Waals surface area contributed by atoms with E-state index in [0.717, 1.165) is 22.9 Å². The lowest BCUT2D eigenvalue weighted by atomic mass is 10.1. The highest BCUT2D eigenvalue weighted by molar-refractivity contribution is 5.88. The lowest BCUT2D eigenvalue weighted by molar-refractivity contribution is -0.121. The quantitative estimate of drug-likeness (QED) is 0.539. The Hall–Kier alpha value is -3.15. The highest BCUT2D eigenvalue weighted by Gasteiger charge is 2.03. The van der Waals surface area contributed by atoms with Crippen molar-refractivity contribution in [3.8, 4) is 5.75 Å². The van der Waals surface area contributed by atoms with Gasteiger partial charge in [-0.2, -0.15) is 0 Å². The van der Waals surface area contributed by atoms with Crippen molar-refractivity contribution in [3.63, 3.8) is 0 Å². The number of fused-ring (bicyclic) bond motifs is 1. The molecule has 0 spiro atoms. The maximum Gasteiger partial charge on any atom is 0.222 e. The first-order valence-corrected chi connectivity index (χ1v) is 9.21. The maximum absolute atomic E-state index is 11.9. The third-order valence-corrected chi connectivity index (χ3v) is 4.08. The van der Waals surface area contributed by atoms with Gasteiger partial charge in [0.1, 0.15) is 5.75 Å². The molecule has 6 nitrogen and oxygen atoms in total. The minimum Gasteiger partial charge on any atom is -0.493 e. The Morgan fingerprint density at radius 2 is 1.74 bits per heavy atom. The molecule has 0 saturated carbocycles. The largest absolute Gasteiger partial charge is 0.493 e. The maximum atomic E-state index is 11.9. The Morgan fingerprint density at radius 1 is 0.926 bits per heavy atom. The van der Waals surface area contributed by atoms with E-state index in [9.17, 15) is 4.79 Å². The van der Waals surface area contributed by atoms with Gasteiger partial charge in [-0.15, -0.1) is 0 Å². The second kappa shape index (κ2) is 10.1. The summed E-state index contributed by atoms with van der Waals surface area (Å²) in [5.41, 5.74) is 0. The van der Waals surface area contributed by atoms with E-state index in [2.05, 4.69) is 32.7 Å². The minimum atomic E-state index is 0.0486. The number of ether oxygens (including phenoxy) is 1. The summed E-state index contributed by atoms with van der Waals surface area (Å²) in [5.74, 6) is 1.52. The highest BCUT2D eigenvalue weighted by Crippen LogP contribution is 2.25. The van der Waals surface area contributed by atoms with Gasteiger partial charge >= 0.3 is 0 Å². The number of aromatic nitrogens is 2. The van der Waals surface area contributed by atoms with Crippen LogP contribution in [0.1, 0.15) is 19.3 Å². The van der Waals surface area contributed by atoms with Crippen molar-refractivity contribution >= 4 is 22.6 Å². The number of nitrogens with zero attached hydrogens (tertiary/aromatic N) is 2. The lowest BCUT2D eigenvalue weighted by Gasteiger charge is -2.09. The van der Waals surface area contributed by atoms with E-state index in [-0.39, 0.29) is 5.91 Å². The molecule has 0 radical (unpaired) electrons. The molecule has 0 aliphatic rings. The molecule has 3 aromatic rings. The molecule has 140 valence electrons. The third kappa shape index (κ3) is 5.95. The summed E-state index contributed by atoms with van der Waals surface area (Å²) in [4.78, 5) is 20.1. The average molecular weight is 364 g/mol. The smallest absolute Gasteiger partial charge is 0.222 e. The number of rotatable bonds is 10. The second-order valence-electron chi connectivity index (χ2n) is 6.13. The fourth-order valence-corrected chi connectivity index (χ4v) is 2.73. The predicted molar refractivity (Wildman–Crippen MR) is 107 cm³/mol. The lowest BCUT2D eigenvalue weighted by Crippen LogP contribution is -2.26. The van der Waals surface area contributed by atoms with Crippen LogP contribution in [0, 0.1) is 0 Å². The van der Waals surface area contributed by atoms with Gasteiger partial charge < -0.3 is 15.4 Å². The van der Waals surface area contributed by atoms with Crippen molar-refractivity contribution < 1.29 is 9.53 Å². The first kappa shape index (κ1) is 18.6. The molecule has 27 heavy (non-hydrogen) atoms. The number of nitrogens with one attached hydrogen (secondary N) is 2. The van der Waals surface area contributed by atoms with Gasteiger partial charge in [-0.3, -0.25) is 4.79 Å². The molecular weight excluding hydrogens is 340 g/mol. The van der Waals surface area contributed by atoms with Gasteiger partial charge in [-0.25, -0.2) is 9.97 Å². The average Bonchev–Trinajstić information content (AvgIpc) is 2.72. The summed E-state index contributed by atoms with van der Waals surface area (Å²) in [5, 5.41) is 8.28. The van der Waals surface area contributed by atoms with Crippen molar-refractivity contribution in [2.24, 2.45) is 0 Å². The Labute approximate surface area is 159 Å². The van der Waals surface area contributed by atoms with E-state index in [1.807, 2.05) is 30.3 Å². The van der Waals surface area contributed by atoms with Crippen LogP contribution in [0.25, 0.3) is 10.8 Å². The van der Waals surface area contributed by atoms with Gasteiger partial charge in [0.2, 0.25) is 11.9 Å². The number of carbonyl (C=O) groups is 1. The van der Waals surface area contributed by atoms with Crippen molar-refractivity contribution in [1.29, 1.82) is 0 Å². The number of hydrogen-bond donors (Lipinski definition) is 2. The third-order valence-electron chi connectivity index (χ3n) is 4.08. The molecule has 0 fully saturated rings. The zero-order valence-corrected chi connectivity index (χ0v) is 15.2. The van der Waals surface area contributed by atoms with E-state index >= 15 is 0 Å². The van der Waals surface area contributed by atoms with E-state index in [1.165, 1.54) is 0 Å². The van der Waals surface area contributed by atoms with E-state index in [1.54, 1.807) is 18.5 Å². The van der Waals surface area contributed by atoms with Crippen LogP contribution in [0.5, 0.6) is 5.75 Å². The van der Waals surface area contributed by atoms with Crippen LogP contribution in [0.3, 0.4) is 0 Å². The number of anilines is 1. The molecular formula is C21H24N4O2. The fraction of sp³-hybridized carbons (Fsp3) is 0.286. The summed E-state index contributed by atoms with van der Waals surface area (Å²) in [6.45, 7) is 1.87. The first-order chi connectivity index (χ1) is 13.3. The van der Waals surface area contributed by atoms with Gasteiger partial charge in [0, 0.05) is 37.3 Å². The van der Waals surface area contributed by atoms with Crippen LogP contribution in [-0.4, -0.2) is 35.6 Å². The van der Waals surface area contributed by atoms with E-state index in [4.69, 9.17) is 4.74 Å². The molecule has 0 aliphatic carbocycles. The normalized spacial score (nSPS) is 10.5. The molecule has 1 aromatic heterocycles. The summed E-state index contributed by atoms with van der Waals surface area (Å²) in [7, 11) is 0. The number of hydrogen-bond acceptors (Lipinski definition) is 5. The predicted octanol–water partition coefficient (Wildman–Crippen LogP) is 3.41. The first-order valence-electron chi connectivity index (χ1n) is 9.21. The van der Waals surface area contributed by atoms with Crippen LogP contribution in [0.2, 0.25) is 0 Å². The molecule has 2 aromatic carbocycles. The fourth-order valence-electron chi connectivity index (χ4n) is 2.73. The molecule has 0 aliphatic heterocycles. The molecule has 3 rings (SSSR count). The van der Waals surface area contributed by atoms with Crippen LogP contribution in [-0.2, 0) is 4.79 Å². The molecule has 0 bridgehead atoms. The summed E-state index contributed by atoms with van der Waals surface area (Å²) < 4.78 is 5.86. The van der Waals surface area contributed by atoms with Gasteiger partial charge in [0.25, 0.3) is 0 Å². The molecule has 2 N–H and O–H groups in total. The topological polar surface area (TPSA) is 76.1 Å². The van der Waals surface area contributed by atoms with Gasteiger partial charge in [-0.1, -0.05) is 36.4 Å². The molecule has 0 unspecified atom stereocenters. The summed E-state index contributed by atoms with van der Waals surface area (Å²) in [6.07, 6.45) is 5.34. The molecule has 6 heteroatoms. The van der Waals surface area contributed by atoms with Crippen LogP contribution in [0.4, 0.5) is 5.95 Å².